The second kappa shape index (κ2) is 5.93. The van der Waals surface area contributed by atoms with Crippen molar-refractivity contribution in [2.45, 2.75) is 12.3 Å². The van der Waals surface area contributed by atoms with Crippen LogP contribution in [-0.2, 0) is 4.79 Å². The predicted molar refractivity (Wildman–Crippen MR) is 64.7 cm³/mol. The quantitative estimate of drug-likeness (QED) is 0.844. The number of pyridine rings is 1. The summed E-state index contributed by atoms with van der Waals surface area (Å²) in [6.45, 7) is 0. The standard InChI is InChI=1S/C11H13F4N3O2/c1-18(2)6-4-5-16-8(20-3)7(6)17-10(19)11(14,15)9(12)13/h4-5,9H,1-3H3,(H,17,19). The van der Waals surface area contributed by atoms with E-state index in [0.717, 1.165) is 0 Å². The van der Waals surface area contributed by atoms with Gasteiger partial charge in [0.2, 0.25) is 5.88 Å². The Bertz CT molecular complexity index is 495. The van der Waals surface area contributed by atoms with E-state index in [2.05, 4.69) is 4.98 Å². The number of aromatic nitrogens is 1. The van der Waals surface area contributed by atoms with E-state index in [1.165, 1.54) is 24.3 Å². The van der Waals surface area contributed by atoms with Gasteiger partial charge in [0, 0.05) is 20.3 Å². The van der Waals surface area contributed by atoms with E-state index >= 15 is 0 Å². The lowest BCUT2D eigenvalue weighted by molar-refractivity contribution is -0.163. The van der Waals surface area contributed by atoms with E-state index < -0.39 is 18.3 Å². The molecular weight excluding hydrogens is 282 g/mol. The number of rotatable bonds is 5. The Morgan fingerprint density at radius 2 is 2.05 bits per heavy atom. The molecule has 1 aromatic rings. The molecule has 1 aromatic heterocycles. The van der Waals surface area contributed by atoms with E-state index in [1.54, 1.807) is 19.4 Å². The van der Waals surface area contributed by atoms with Gasteiger partial charge in [-0.2, -0.15) is 8.78 Å². The number of carbonyl (C=O) groups excluding carboxylic acids is 1. The number of hydrogen-bond donors (Lipinski definition) is 1. The number of nitrogens with zero attached hydrogens (tertiary/aromatic N) is 2. The number of amides is 1. The van der Waals surface area contributed by atoms with Crippen LogP contribution in [0.2, 0.25) is 0 Å². The molecule has 0 radical (unpaired) electrons. The SMILES string of the molecule is COc1nccc(N(C)C)c1NC(=O)C(F)(F)C(F)F. The zero-order chi connectivity index (χ0) is 15.5. The van der Waals surface area contributed by atoms with E-state index in [4.69, 9.17) is 4.74 Å². The Morgan fingerprint density at radius 1 is 1.45 bits per heavy atom. The molecule has 0 bridgehead atoms. The van der Waals surface area contributed by atoms with Gasteiger partial charge < -0.3 is 15.0 Å². The molecule has 20 heavy (non-hydrogen) atoms. The minimum atomic E-state index is -4.80. The Labute approximate surface area is 112 Å². The molecule has 0 aromatic carbocycles. The third-order valence-electron chi connectivity index (χ3n) is 2.38. The van der Waals surface area contributed by atoms with E-state index in [1.807, 2.05) is 0 Å². The van der Waals surface area contributed by atoms with E-state index in [-0.39, 0.29) is 17.3 Å². The van der Waals surface area contributed by atoms with Crippen LogP contribution in [0.15, 0.2) is 12.3 Å². The van der Waals surface area contributed by atoms with Gasteiger partial charge in [-0.05, 0) is 6.07 Å². The summed E-state index contributed by atoms with van der Waals surface area (Å²) in [6.07, 6.45) is -2.78. The average molecular weight is 295 g/mol. The molecule has 0 atom stereocenters. The second-order valence-corrected chi connectivity index (χ2v) is 3.99. The zero-order valence-corrected chi connectivity index (χ0v) is 11.0. The van der Waals surface area contributed by atoms with Crippen molar-refractivity contribution in [1.29, 1.82) is 0 Å². The smallest absolute Gasteiger partial charge is 0.383 e. The molecule has 0 fully saturated rings. The Hall–Kier alpha value is -2.06. The van der Waals surface area contributed by atoms with Gasteiger partial charge in [-0.15, -0.1) is 0 Å². The summed E-state index contributed by atoms with van der Waals surface area (Å²) in [5, 5.41) is 1.73. The molecule has 112 valence electrons. The Kier molecular flexibility index (Phi) is 4.74. The number of carbonyl (C=O) groups is 1. The first kappa shape index (κ1) is 16.0. The first-order chi connectivity index (χ1) is 9.21. The topological polar surface area (TPSA) is 54.5 Å². The van der Waals surface area contributed by atoms with Crippen molar-refractivity contribution in [3.63, 3.8) is 0 Å². The van der Waals surface area contributed by atoms with Crippen LogP contribution in [0.1, 0.15) is 0 Å². The van der Waals surface area contributed by atoms with Crippen molar-refractivity contribution >= 4 is 17.3 Å². The Morgan fingerprint density at radius 3 is 2.50 bits per heavy atom. The summed E-state index contributed by atoms with van der Waals surface area (Å²) in [5.74, 6) is -7.08. The van der Waals surface area contributed by atoms with Crippen molar-refractivity contribution in [3.05, 3.63) is 12.3 Å². The van der Waals surface area contributed by atoms with Gasteiger partial charge in [0.15, 0.2) is 0 Å². The molecule has 0 unspecified atom stereocenters. The number of ether oxygens (including phenoxy) is 1. The first-order valence-electron chi connectivity index (χ1n) is 5.39. The highest BCUT2D eigenvalue weighted by atomic mass is 19.3. The number of halogens is 4. The summed E-state index contributed by atoms with van der Waals surface area (Å²) >= 11 is 0. The van der Waals surface area contributed by atoms with Crippen molar-refractivity contribution in [2.75, 3.05) is 31.4 Å². The predicted octanol–water partition coefficient (Wildman–Crippen LogP) is 2.00. The van der Waals surface area contributed by atoms with Gasteiger partial charge in [-0.3, -0.25) is 4.79 Å². The van der Waals surface area contributed by atoms with Crippen LogP contribution < -0.4 is 15.0 Å². The highest BCUT2D eigenvalue weighted by molar-refractivity contribution is 6.00. The maximum atomic E-state index is 13.0. The molecule has 5 nitrogen and oxygen atoms in total. The van der Waals surface area contributed by atoms with Gasteiger partial charge in [0.05, 0.1) is 12.8 Å². The summed E-state index contributed by atoms with van der Waals surface area (Å²) < 4.78 is 55.0. The third-order valence-corrected chi connectivity index (χ3v) is 2.38. The van der Waals surface area contributed by atoms with Crippen molar-refractivity contribution < 1.29 is 27.1 Å². The molecule has 0 aliphatic carbocycles. The lowest BCUT2D eigenvalue weighted by Crippen LogP contribution is -2.41. The van der Waals surface area contributed by atoms with E-state index in [0.29, 0.717) is 0 Å². The first-order valence-corrected chi connectivity index (χ1v) is 5.39. The maximum absolute atomic E-state index is 13.0. The van der Waals surface area contributed by atoms with Gasteiger partial charge in [-0.1, -0.05) is 0 Å². The minimum Gasteiger partial charge on any atom is -0.479 e. The average Bonchev–Trinajstić information content (AvgIpc) is 2.38. The molecule has 1 heterocycles. The molecule has 1 rings (SSSR count). The molecule has 1 N–H and O–H groups in total. The third kappa shape index (κ3) is 3.09. The van der Waals surface area contributed by atoms with Crippen LogP contribution in [-0.4, -0.2) is 44.4 Å². The number of anilines is 2. The van der Waals surface area contributed by atoms with Crippen molar-refractivity contribution in [3.8, 4) is 5.88 Å². The number of hydrogen-bond acceptors (Lipinski definition) is 4. The molecule has 1 amide bonds. The zero-order valence-electron chi connectivity index (χ0n) is 11.0. The highest BCUT2D eigenvalue weighted by Crippen LogP contribution is 2.34. The van der Waals surface area contributed by atoms with E-state index in [9.17, 15) is 22.4 Å². The second-order valence-electron chi connectivity index (χ2n) is 3.99. The summed E-state index contributed by atoms with van der Waals surface area (Å²) in [5.41, 5.74) is 0.0839. The van der Waals surface area contributed by atoms with Gasteiger partial charge in [-0.25, -0.2) is 13.8 Å². The van der Waals surface area contributed by atoms with Gasteiger partial charge >= 0.3 is 18.3 Å². The fourth-order valence-electron chi connectivity index (χ4n) is 1.37. The molecule has 0 spiro atoms. The molecule has 0 saturated carbocycles. The fourth-order valence-corrected chi connectivity index (χ4v) is 1.37. The van der Waals surface area contributed by atoms with Crippen molar-refractivity contribution in [1.82, 2.24) is 4.98 Å². The monoisotopic (exact) mass is 295 g/mol. The highest BCUT2D eigenvalue weighted by Gasteiger charge is 2.49. The lowest BCUT2D eigenvalue weighted by Gasteiger charge is -2.21. The lowest BCUT2D eigenvalue weighted by atomic mass is 10.2. The van der Waals surface area contributed by atoms with Gasteiger partial charge in [0.1, 0.15) is 5.69 Å². The summed E-state index contributed by atoms with van der Waals surface area (Å²) in [7, 11) is 4.37. The molecule has 0 saturated heterocycles. The maximum Gasteiger partial charge on any atom is 0.383 e. The van der Waals surface area contributed by atoms with Crippen LogP contribution in [0, 0.1) is 0 Å². The summed E-state index contributed by atoms with van der Waals surface area (Å²) in [6, 6.07) is 1.42. The molecular formula is C11H13F4N3O2. The van der Waals surface area contributed by atoms with Gasteiger partial charge in [0.25, 0.3) is 0 Å². The molecule has 0 aliphatic rings. The normalized spacial score (nSPS) is 11.4. The largest absolute Gasteiger partial charge is 0.479 e. The molecule has 9 heteroatoms. The van der Waals surface area contributed by atoms with Crippen LogP contribution in [0.3, 0.4) is 0 Å². The van der Waals surface area contributed by atoms with Crippen LogP contribution in [0.4, 0.5) is 28.9 Å². The van der Waals surface area contributed by atoms with Crippen LogP contribution >= 0.6 is 0 Å². The number of nitrogens with one attached hydrogen (secondary N) is 1. The number of methoxy groups -OCH3 is 1. The van der Waals surface area contributed by atoms with Crippen LogP contribution in [0.25, 0.3) is 0 Å². The van der Waals surface area contributed by atoms with Crippen molar-refractivity contribution in [2.24, 2.45) is 0 Å². The fraction of sp³-hybridized carbons (Fsp3) is 0.455. The minimum absolute atomic E-state index is 0.158. The number of alkyl halides is 4. The van der Waals surface area contributed by atoms with Crippen LogP contribution in [0.5, 0.6) is 5.88 Å². The summed E-state index contributed by atoms with van der Waals surface area (Å²) in [4.78, 5) is 16.5. The Balaban J connectivity index is 3.17. The molecule has 0 aliphatic heterocycles.